The quantitative estimate of drug-likeness (QED) is 0.752. The van der Waals surface area contributed by atoms with E-state index in [0.29, 0.717) is 0 Å². The van der Waals surface area contributed by atoms with Gasteiger partial charge in [-0.3, -0.25) is 0 Å². The van der Waals surface area contributed by atoms with Crippen LogP contribution in [0.5, 0.6) is 0 Å². The van der Waals surface area contributed by atoms with Gasteiger partial charge in [-0.2, -0.15) is 0 Å². The molecule has 1 heteroatoms. The first-order valence-electron chi connectivity index (χ1n) is 5.73. The maximum atomic E-state index is 8.63. The Balaban J connectivity index is 2.48. The monoisotopic (exact) mass is 204 g/mol. The molecule has 0 heterocycles. The molecule has 0 amide bonds. The lowest BCUT2D eigenvalue weighted by molar-refractivity contribution is 0.303. The van der Waals surface area contributed by atoms with Crippen molar-refractivity contribution < 1.29 is 5.11 Å². The van der Waals surface area contributed by atoms with Gasteiger partial charge in [0.05, 0.1) is 0 Å². The van der Waals surface area contributed by atoms with Crippen molar-refractivity contribution in [1.29, 1.82) is 0 Å². The molecule has 1 nitrogen and oxygen atoms in total. The van der Waals surface area contributed by atoms with Crippen LogP contribution in [0.15, 0.2) is 30.3 Å². The second-order valence-electron chi connectivity index (χ2n) is 3.76. The van der Waals surface area contributed by atoms with Crippen LogP contribution in [0.1, 0.15) is 37.3 Å². The Kier molecular flexibility index (Phi) is 5.79. The number of aliphatic hydroxyl groups excluding tert-OH is 1. The van der Waals surface area contributed by atoms with Gasteiger partial charge in [-0.25, -0.2) is 0 Å². The van der Waals surface area contributed by atoms with Gasteiger partial charge < -0.3 is 5.11 Å². The first-order chi connectivity index (χ1) is 7.36. The fourth-order valence-electron chi connectivity index (χ4n) is 1.47. The summed E-state index contributed by atoms with van der Waals surface area (Å²) in [7, 11) is 0. The van der Waals surface area contributed by atoms with E-state index in [2.05, 4.69) is 37.3 Å². The molecule has 1 aromatic rings. The van der Waals surface area contributed by atoms with Crippen LogP contribution in [-0.4, -0.2) is 11.7 Å². The summed E-state index contributed by atoms with van der Waals surface area (Å²) in [6.45, 7) is 2.44. The van der Waals surface area contributed by atoms with Gasteiger partial charge in [0.2, 0.25) is 0 Å². The summed E-state index contributed by atoms with van der Waals surface area (Å²) in [6, 6.07) is 8.65. The van der Waals surface area contributed by atoms with Crippen LogP contribution in [0.4, 0.5) is 0 Å². The predicted molar refractivity (Wildman–Crippen MR) is 65.8 cm³/mol. The third-order valence-electron chi connectivity index (χ3n) is 2.40. The molecule has 0 unspecified atom stereocenters. The first-order valence-corrected chi connectivity index (χ1v) is 5.73. The summed E-state index contributed by atoms with van der Waals surface area (Å²) in [5, 5.41) is 8.63. The van der Waals surface area contributed by atoms with Crippen molar-refractivity contribution in [2.24, 2.45) is 0 Å². The second kappa shape index (κ2) is 7.24. The average Bonchev–Trinajstić information content (AvgIpc) is 2.28. The summed E-state index contributed by atoms with van der Waals surface area (Å²) in [5.74, 6) is 0. The largest absolute Gasteiger partial charge is 0.396 e. The highest BCUT2D eigenvalue weighted by atomic mass is 16.2. The molecule has 1 N–H and O–H groups in total. The van der Waals surface area contributed by atoms with Crippen molar-refractivity contribution in [3.05, 3.63) is 41.5 Å². The second-order valence-corrected chi connectivity index (χ2v) is 3.76. The molecule has 0 aromatic heterocycles. The Bertz CT molecular complexity index is 285. The molecule has 0 spiro atoms. The number of hydrogen-bond acceptors (Lipinski definition) is 1. The van der Waals surface area contributed by atoms with Gasteiger partial charge in [0.25, 0.3) is 0 Å². The SMILES string of the molecule is CCCCc1ccc(C=CCCO)cc1. The van der Waals surface area contributed by atoms with E-state index in [1.54, 1.807) is 0 Å². The lowest BCUT2D eigenvalue weighted by Crippen LogP contribution is -1.84. The molecular weight excluding hydrogens is 184 g/mol. The Morgan fingerprint density at radius 3 is 2.53 bits per heavy atom. The zero-order valence-corrected chi connectivity index (χ0v) is 9.45. The minimum Gasteiger partial charge on any atom is -0.396 e. The highest BCUT2D eigenvalue weighted by Crippen LogP contribution is 2.09. The molecule has 0 saturated heterocycles. The molecule has 1 aromatic carbocycles. The standard InChI is InChI=1S/C14H20O/c1-2-3-6-13-8-10-14(11-9-13)7-4-5-12-15/h4,7-11,15H,2-3,5-6,12H2,1H3. The molecule has 1 rings (SSSR count). The summed E-state index contributed by atoms with van der Waals surface area (Å²) in [4.78, 5) is 0. The van der Waals surface area contributed by atoms with Gasteiger partial charge in [0, 0.05) is 6.61 Å². The predicted octanol–water partition coefficient (Wildman–Crippen LogP) is 3.42. The lowest BCUT2D eigenvalue weighted by atomic mass is 10.1. The van der Waals surface area contributed by atoms with E-state index < -0.39 is 0 Å². The lowest BCUT2D eigenvalue weighted by Gasteiger charge is -2.00. The fourth-order valence-corrected chi connectivity index (χ4v) is 1.47. The van der Waals surface area contributed by atoms with E-state index in [4.69, 9.17) is 5.11 Å². The number of rotatable bonds is 6. The summed E-state index contributed by atoms with van der Waals surface area (Å²) >= 11 is 0. The Labute approximate surface area is 92.5 Å². The molecule has 0 atom stereocenters. The molecule has 0 aliphatic carbocycles. The van der Waals surface area contributed by atoms with E-state index in [1.165, 1.54) is 30.4 Å². The molecular formula is C14H20O. The third-order valence-corrected chi connectivity index (χ3v) is 2.40. The van der Waals surface area contributed by atoms with Crippen molar-refractivity contribution in [2.45, 2.75) is 32.6 Å². The van der Waals surface area contributed by atoms with Crippen LogP contribution < -0.4 is 0 Å². The smallest absolute Gasteiger partial charge is 0.0465 e. The normalized spacial score (nSPS) is 11.1. The van der Waals surface area contributed by atoms with Crippen LogP contribution in [0, 0.1) is 0 Å². The zero-order valence-electron chi connectivity index (χ0n) is 9.45. The van der Waals surface area contributed by atoms with Crippen molar-refractivity contribution >= 4 is 6.08 Å². The van der Waals surface area contributed by atoms with E-state index in [-0.39, 0.29) is 6.61 Å². The fraction of sp³-hybridized carbons (Fsp3) is 0.429. The molecule has 15 heavy (non-hydrogen) atoms. The summed E-state index contributed by atoms with van der Waals surface area (Å²) < 4.78 is 0. The number of unbranched alkanes of at least 4 members (excludes halogenated alkanes) is 1. The maximum absolute atomic E-state index is 8.63. The van der Waals surface area contributed by atoms with Crippen molar-refractivity contribution in [2.75, 3.05) is 6.61 Å². The molecule has 0 bridgehead atoms. The minimum atomic E-state index is 0.227. The zero-order chi connectivity index (χ0) is 10.9. The number of benzene rings is 1. The topological polar surface area (TPSA) is 20.2 Å². The number of aryl methyl sites for hydroxylation is 1. The molecule has 0 saturated carbocycles. The van der Waals surface area contributed by atoms with Gasteiger partial charge >= 0.3 is 0 Å². The maximum Gasteiger partial charge on any atom is 0.0465 e. The summed E-state index contributed by atoms with van der Waals surface area (Å²) in [5.41, 5.74) is 2.62. The van der Waals surface area contributed by atoms with Crippen LogP contribution in [0.2, 0.25) is 0 Å². The highest BCUT2D eigenvalue weighted by Gasteiger charge is 1.91. The first kappa shape index (κ1) is 12.0. The third kappa shape index (κ3) is 4.80. The van der Waals surface area contributed by atoms with E-state index in [9.17, 15) is 0 Å². The van der Waals surface area contributed by atoms with E-state index in [1.807, 2.05) is 6.08 Å². The van der Waals surface area contributed by atoms with Crippen molar-refractivity contribution in [3.63, 3.8) is 0 Å². The average molecular weight is 204 g/mol. The minimum absolute atomic E-state index is 0.227. The van der Waals surface area contributed by atoms with Gasteiger partial charge in [-0.15, -0.1) is 0 Å². The van der Waals surface area contributed by atoms with Crippen LogP contribution >= 0.6 is 0 Å². The molecule has 0 radical (unpaired) electrons. The van der Waals surface area contributed by atoms with Gasteiger partial charge in [0.1, 0.15) is 0 Å². The number of aliphatic hydroxyl groups is 1. The van der Waals surface area contributed by atoms with Gasteiger partial charge in [-0.05, 0) is 30.4 Å². The van der Waals surface area contributed by atoms with Crippen molar-refractivity contribution in [1.82, 2.24) is 0 Å². The molecule has 0 fully saturated rings. The van der Waals surface area contributed by atoms with Crippen molar-refractivity contribution in [3.8, 4) is 0 Å². The number of hydrogen-bond donors (Lipinski definition) is 1. The van der Waals surface area contributed by atoms with E-state index in [0.717, 1.165) is 6.42 Å². The van der Waals surface area contributed by atoms with Gasteiger partial charge in [0.15, 0.2) is 0 Å². The van der Waals surface area contributed by atoms with E-state index >= 15 is 0 Å². The Morgan fingerprint density at radius 1 is 1.20 bits per heavy atom. The Morgan fingerprint density at radius 2 is 1.93 bits per heavy atom. The van der Waals surface area contributed by atoms with Gasteiger partial charge in [-0.1, -0.05) is 49.8 Å². The van der Waals surface area contributed by atoms with Crippen LogP contribution in [0.25, 0.3) is 6.08 Å². The van der Waals surface area contributed by atoms with Crippen LogP contribution in [0.3, 0.4) is 0 Å². The molecule has 82 valence electrons. The molecule has 0 aliphatic rings. The molecule has 0 aliphatic heterocycles. The van der Waals surface area contributed by atoms with Crippen LogP contribution in [-0.2, 0) is 6.42 Å². The Hall–Kier alpha value is -1.08. The highest BCUT2D eigenvalue weighted by molar-refractivity contribution is 5.49. The summed E-state index contributed by atoms with van der Waals surface area (Å²) in [6.07, 6.45) is 8.48.